The molecule has 21 heavy (non-hydrogen) atoms. The molecule has 120 valence electrons. The molecule has 2 unspecified atom stereocenters. The summed E-state index contributed by atoms with van der Waals surface area (Å²) in [5.74, 6) is -0.722. The van der Waals surface area contributed by atoms with Gasteiger partial charge in [-0.1, -0.05) is 13.8 Å². The minimum Gasteiger partial charge on any atom is -0.480 e. The van der Waals surface area contributed by atoms with E-state index in [0.29, 0.717) is 19.0 Å². The lowest BCUT2D eigenvalue weighted by Gasteiger charge is -2.42. The SMILES string of the molecule is CC(C)C[C@@H](NC(=O)N1CC2CCCN2CC1C)C(=O)O. The predicted octanol–water partition coefficient (Wildman–Crippen LogP) is 1.36. The predicted molar refractivity (Wildman–Crippen MR) is 80.2 cm³/mol. The lowest BCUT2D eigenvalue weighted by Crippen LogP contribution is -2.60. The molecule has 2 amide bonds. The van der Waals surface area contributed by atoms with Crippen LogP contribution in [0.2, 0.25) is 0 Å². The lowest BCUT2D eigenvalue weighted by atomic mass is 10.0. The Morgan fingerprint density at radius 3 is 2.67 bits per heavy atom. The van der Waals surface area contributed by atoms with Crippen LogP contribution in [0.5, 0.6) is 0 Å². The summed E-state index contributed by atoms with van der Waals surface area (Å²) in [6.07, 6.45) is 2.78. The summed E-state index contributed by atoms with van der Waals surface area (Å²) in [6.45, 7) is 8.67. The number of carboxylic acid groups (broad SMARTS) is 1. The van der Waals surface area contributed by atoms with Crippen LogP contribution in [0.3, 0.4) is 0 Å². The molecule has 0 aromatic rings. The second kappa shape index (κ2) is 6.64. The first kappa shape index (κ1) is 16.1. The number of amides is 2. The molecule has 2 heterocycles. The van der Waals surface area contributed by atoms with Crippen LogP contribution in [-0.2, 0) is 4.79 Å². The van der Waals surface area contributed by atoms with E-state index in [4.69, 9.17) is 0 Å². The fourth-order valence-corrected chi connectivity index (χ4v) is 3.40. The highest BCUT2D eigenvalue weighted by molar-refractivity contribution is 5.82. The van der Waals surface area contributed by atoms with Crippen LogP contribution in [0, 0.1) is 5.92 Å². The number of fused-ring (bicyclic) bond motifs is 1. The van der Waals surface area contributed by atoms with E-state index in [9.17, 15) is 14.7 Å². The van der Waals surface area contributed by atoms with Gasteiger partial charge in [-0.15, -0.1) is 0 Å². The molecule has 6 nitrogen and oxygen atoms in total. The summed E-state index contributed by atoms with van der Waals surface area (Å²) in [5, 5.41) is 11.9. The monoisotopic (exact) mass is 297 g/mol. The molecule has 2 saturated heterocycles. The highest BCUT2D eigenvalue weighted by atomic mass is 16.4. The van der Waals surface area contributed by atoms with E-state index in [1.165, 1.54) is 6.42 Å². The summed E-state index contributed by atoms with van der Waals surface area (Å²) < 4.78 is 0. The maximum absolute atomic E-state index is 12.4. The Kier molecular flexibility index (Phi) is 5.08. The zero-order valence-corrected chi connectivity index (χ0v) is 13.2. The van der Waals surface area contributed by atoms with Crippen LogP contribution in [0.1, 0.15) is 40.0 Å². The van der Waals surface area contributed by atoms with E-state index in [0.717, 1.165) is 19.5 Å². The fourth-order valence-electron chi connectivity index (χ4n) is 3.40. The Bertz CT molecular complexity index is 400. The summed E-state index contributed by atoms with van der Waals surface area (Å²) >= 11 is 0. The standard InChI is InChI=1S/C15H27N3O3/c1-10(2)7-13(14(19)20)16-15(21)18-9-12-5-4-6-17(12)8-11(18)3/h10-13H,4-9H2,1-3H3,(H,16,21)(H,19,20)/t11?,12?,13-/m1/s1. The van der Waals surface area contributed by atoms with Gasteiger partial charge in [0.05, 0.1) is 0 Å². The Morgan fingerprint density at radius 1 is 1.33 bits per heavy atom. The minimum atomic E-state index is -0.954. The van der Waals surface area contributed by atoms with Crippen molar-refractivity contribution in [1.29, 1.82) is 0 Å². The van der Waals surface area contributed by atoms with Crippen LogP contribution in [0.15, 0.2) is 0 Å². The van der Waals surface area contributed by atoms with Gasteiger partial charge in [0.2, 0.25) is 0 Å². The highest BCUT2D eigenvalue weighted by Crippen LogP contribution is 2.24. The van der Waals surface area contributed by atoms with Crippen molar-refractivity contribution in [2.75, 3.05) is 19.6 Å². The third-order valence-electron chi connectivity index (χ3n) is 4.50. The molecule has 2 aliphatic heterocycles. The molecule has 0 spiro atoms. The molecule has 3 atom stereocenters. The highest BCUT2D eigenvalue weighted by Gasteiger charge is 2.37. The number of carbonyl (C=O) groups is 2. The van der Waals surface area contributed by atoms with Crippen LogP contribution in [0.4, 0.5) is 4.79 Å². The number of hydrogen-bond donors (Lipinski definition) is 2. The van der Waals surface area contributed by atoms with Gasteiger partial charge in [-0.25, -0.2) is 9.59 Å². The van der Waals surface area contributed by atoms with Crippen molar-refractivity contribution in [2.45, 2.75) is 58.2 Å². The van der Waals surface area contributed by atoms with Crippen molar-refractivity contribution in [1.82, 2.24) is 15.1 Å². The number of rotatable bonds is 4. The first-order valence-corrected chi connectivity index (χ1v) is 7.92. The largest absolute Gasteiger partial charge is 0.480 e. The first-order chi connectivity index (χ1) is 9.88. The number of nitrogens with zero attached hydrogens (tertiary/aromatic N) is 2. The van der Waals surface area contributed by atoms with Crippen molar-refractivity contribution in [3.05, 3.63) is 0 Å². The van der Waals surface area contributed by atoms with Crippen LogP contribution in [-0.4, -0.2) is 64.7 Å². The topological polar surface area (TPSA) is 72.9 Å². The van der Waals surface area contributed by atoms with Crippen LogP contribution in [0.25, 0.3) is 0 Å². The third kappa shape index (κ3) is 3.87. The molecule has 2 rings (SSSR count). The van der Waals surface area contributed by atoms with Gasteiger partial charge in [-0.2, -0.15) is 0 Å². The van der Waals surface area contributed by atoms with Gasteiger partial charge in [-0.3, -0.25) is 4.90 Å². The van der Waals surface area contributed by atoms with E-state index in [1.54, 1.807) is 0 Å². The smallest absolute Gasteiger partial charge is 0.326 e. The van der Waals surface area contributed by atoms with E-state index in [1.807, 2.05) is 25.7 Å². The second-order valence-corrected chi connectivity index (χ2v) is 6.76. The van der Waals surface area contributed by atoms with Crippen molar-refractivity contribution in [3.8, 4) is 0 Å². The van der Waals surface area contributed by atoms with Crippen molar-refractivity contribution in [3.63, 3.8) is 0 Å². The second-order valence-electron chi connectivity index (χ2n) is 6.76. The maximum Gasteiger partial charge on any atom is 0.326 e. The fraction of sp³-hybridized carbons (Fsp3) is 0.867. The molecular formula is C15H27N3O3. The Labute approximate surface area is 126 Å². The molecular weight excluding hydrogens is 270 g/mol. The molecule has 6 heteroatoms. The third-order valence-corrected chi connectivity index (χ3v) is 4.50. The van der Waals surface area contributed by atoms with Gasteiger partial charge in [0.15, 0.2) is 0 Å². The Morgan fingerprint density at radius 2 is 2.05 bits per heavy atom. The maximum atomic E-state index is 12.4. The van der Waals surface area contributed by atoms with Gasteiger partial charge in [0.1, 0.15) is 6.04 Å². The van der Waals surface area contributed by atoms with Crippen LogP contribution < -0.4 is 5.32 Å². The summed E-state index contributed by atoms with van der Waals surface area (Å²) in [6, 6.07) is -0.457. The summed E-state index contributed by atoms with van der Waals surface area (Å²) in [4.78, 5) is 28.0. The minimum absolute atomic E-state index is 0.132. The van der Waals surface area contributed by atoms with Crippen molar-refractivity contribution < 1.29 is 14.7 Å². The van der Waals surface area contributed by atoms with Crippen molar-refractivity contribution >= 4 is 12.0 Å². The van der Waals surface area contributed by atoms with Crippen molar-refractivity contribution in [2.24, 2.45) is 5.92 Å². The number of nitrogens with one attached hydrogen (secondary N) is 1. The number of aliphatic carboxylic acids is 1. The Hall–Kier alpha value is -1.30. The van der Waals surface area contributed by atoms with Gasteiger partial charge in [0, 0.05) is 25.2 Å². The molecule has 2 N–H and O–H groups in total. The van der Waals surface area contributed by atoms with E-state index < -0.39 is 12.0 Å². The quantitative estimate of drug-likeness (QED) is 0.822. The molecule has 0 saturated carbocycles. The van der Waals surface area contributed by atoms with Gasteiger partial charge in [0.25, 0.3) is 0 Å². The normalized spacial score (nSPS) is 27.5. The average Bonchev–Trinajstić information content (AvgIpc) is 2.83. The number of piperazine rings is 1. The van der Waals surface area contributed by atoms with E-state index in [-0.39, 0.29) is 18.0 Å². The van der Waals surface area contributed by atoms with Gasteiger partial charge < -0.3 is 15.3 Å². The number of carbonyl (C=O) groups excluding carboxylic acids is 1. The van der Waals surface area contributed by atoms with E-state index in [2.05, 4.69) is 10.2 Å². The van der Waals surface area contributed by atoms with Gasteiger partial charge in [-0.05, 0) is 38.6 Å². The molecule has 0 aliphatic carbocycles. The van der Waals surface area contributed by atoms with E-state index >= 15 is 0 Å². The first-order valence-electron chi connectivity index (χ1n) is 7.92. The molecule has 2 aliphatic rings. The summed E-state index contributed by atoms with van der Waals surface area (Å²) in [7, 11) is 0. The zero-order valence-electron chi connectivity index (χ0n) is 13.2. The number of hydrogen-bond acceptors (Lipinski definition) is 3. The molecule has 0 radical (unpaired) electrons. The number of urea groups is 1. The Balaban J connectivity index is 1.96. The van der Waals surface area contributed by atoms with Gasteiger partial charge >= 0.3 is 12.0 Å². The summed E-state index contributed by atoms with van der Waals surface area (Å²) in [5.41, 5.74) is 0. The lowest BCUT2D eigenvalue weighted by molar-refractivity contribution is -0.139. The molecule has 2 fully saturated rings. The van der Waals surface area contributed by atoms with Crippen LogP contribution >= 0.6 is 0 Å². The molecule has 0 bridgehead atoms. The number of carboxylic acids is 1. The average molecular weight is 297 g/mol. The molecule has 0 aromatic heterocycles. The molecule has 0 aromatic carbocycles. The zero-order chi connectivity index (χ0) is 15.6.